The second-order valence-corrected chi connectivity index (χ2v) is 29.9. The molecule has 6 unspecified atom stereocenters. The van der Waals surface area contributed by atoms with Crippen molar-refractivity contribution in [3.63, 3.8) is 0 Å². The number of nitrogens with one attached hydrogen (secondary N) is 1. The number of carbonyl (C=O) groups excluding carboxylic acids is 3. The van der Waals surface area contributed by atoms with E-state index in [9.17, 15) is 31.2 Å². The summed E-state index contributed by atoms with van der Waals surface area (Å²) in [6.07, 6.45) is 8.21. The van der Waals surface area contributed by atoms with Crippen LogP contribution in [0, 0.1) is 37.5 Å². The number of hydrogen-bond acceptors (Lipinski definition) is 15. The van der Waals surface area contributed by atoms with Crippen molar-refractivity contribution < 1.29 is 36.0 Å². The van der Waals surface area contributed by atoms with Crippen LogP contribution in [0.3, 0.4) is 0 Å². The lowest BCUT2D eigenvalue weighted by Gasteiger charge is -2.30. The summed E-state index contributed by atoms with van der Waals surface area (Å²) in [5.41, 5.74) is 7.08. The van der Waals surface area contributed by atoms with E-state index in [0.717, 1.165) is 64.5 Å². The minimum atomic E-state index is -3.95. The number of ether oxygens (including phenoxy) is 1. The minimum Gasteiger partial charge on any atom is -0.443 e. The average molecular weight is 1320 g/mol. The van der Waals surface area contributed by atoms with Gasteiger partial charge in [0.1, 0.15) is 22.5 Å². The fourth-order valence-corrected chi connectivity index (χ4v) is 15.6. The van der Waals surface area contributed by atoms with Crippen LogP contribution in [0.15, 0.2) is 217 Å². The summed E-state index contributed by atoms with van der Waals surface area (Å²) in [6.45, 7) is 16.4. The Hall–Kier alpha value is -9.21. The fourth-order valence-electron chi connectivity index (χ4n) is 13.0. The zero-order valence-corrected chi connectivity index (χ0v) is 56.4. The first-order chi connectivity index (χ1) is 45.6. The lowest BCUT2D eigenvalue weighted by Crippen LogP contribution is -2.42. The summed E-state index contributed by atoms with van der Waals surface area (Å²) in [5.74, 6) is 0.619. The molecule has 0 saturated heterocycles. The number of fused-ring (bicyclic) bond motifs is 2. The number of benzene rings is 6. The molecule has 0 spiro atoms. The quantitative estimate of drug-likeness (QED) is 0.0668. The van der Waals surface area contributed by atoms with Gasteiger partial charge in [0.05, 0.1) is 35.3 Å². The highest BCUT2D eigenvalue weighted by atomic mass is 32.2. The van der Waals surface area contributed by atoms with E-state index in [4.69, 9.17) is 4.74 Å². The van der Waals surface area contributed by atoms with Gasteiger partial charge in [-0.3, -0.25) is 24.3 Å². The maximum atomic E-state index is 14.2. The molecule has 4 aromatic heterocycles. The molecule has 12 rings (SSSR count). The Kier molecular flexibility index (Phi) is 20.7. The van der Waals surface area contributed by atoms with Crippen LogP contribution in [0.4, 0.5) is 16.4 Å². The normalized spacial score (nSPS) is 18.2. The van der Waals surface area contributed by atoms with E-state index in [1.807, 2.05) is 62.4 Å². The van der Waals surface area contributed by atoms with E-state index in [1.165, 1.54) is 58.0 Å². The Morgan fingerprint density at radius 1 is 0.516 bits per heavy atom. The standard InChI is InChI=1S/C40H45N5O5S.C35H37N5O3S/c1-28-16-18-33(19-17-28)51(48,49)45-21-20-35-38(45)41-24-37(42-35)44(39(47)50-40(3,4)5)27-36(46)34-23-32(22-29(34)2)43(25-30-12-8-6-9-13-30)26-31-14-10-7-11-15-31;1-25-13-15-30(16-14-25)44(42,43)40-18-17-32-35(40)37-22-34(38-32)36-21-33(41)31-20-29(19-26(31)2)39(23-27-9-5-3-6-10-27)24-28-11-7-4-8-12-28/h6-21,24,29,32,34H,22-23,25-27H2,1-5H3;3-18,22,26,29,31H,19-21,23-24H2,1-2H3,(H,36,38). The number of rotatable bonds is 22. The van der Waals surface area contributed by atoms with E-state index in [-0.39, 0.29) is 86.8 Å². The molecule has 0 radical (unpaired) electrons. The van der Waals surface area contributed by atoms with Crippen molar-refractivity contribution in [3.8, 4) is 0 Å². The SMILES string of the molecule is Cc1ccc(S(=O)(=O)n2ccc3nc(N(CC(=O)C4CC(N(Cc5ccccc5)Cc5ccccc5)CC4C)C(=O)OC(C)(C)C)cnc32)cc1.Cc1ccc(S(=O)(=O)n2ccc3nc(NCC(=O)C4CC(N(Cc5ccccc5)Cc5ccccc5)CC4C)cnc32)cc1. The molecule has 2 aliphatic carbocycles. The molecule has 10 aromatic rings. The zero-order valence-electron chi connectivity index (χ0n) is 54.8. The smallest absolute Gasteiger partial charge is 0.416 e. The Bertz CT molecular complexity index is 4430. The molecule has 6 aromatic carbocycles. The van der Waals surface area contributed by atoms with Crippen LogP contribution in [0.5, 0.6) is 0 Å². The molecule has 0 aliphatic heterocycles. The predicted octanol–water partition coefficient (Wildman–Crippen LogP) is 13.5. The first kappa shape index (κ1) is 67.2. The predicted molar refractivity (Wildman–Crippen MR) is 370 cm³/mol. The molecular weight excluding hydrogens is 1230 g/mol. The van der Waals surface area contributed by atoms with Gasteiger partial charge in [0.2, 0.25) is 0 Å². The summed E-state index contributed by atoms with van der Waals surface area (Å²) in [7, 11) is -7.76. The van der Waals surface area contributed by atoms with Crippen LogP contribution < -0.4 is 10.2 Å². The van der Waals surface area contributed by atoms with Crippen molar-refractivity contribution >= 4 is 71.7 Å². The van der Waals surface area contributed by atoms with Gasteiger partial charge >= 0.3 is 6.09 Å². The van der Waals surface area contributed by atoms with Gasteiger partial charge in [-0.05, 0) is 131 Å². The zero-order chi connectivity index (χ0) is 67.0. The average Bonchev–Trinajstić information content (AvgIpc) is 1.68. The summed E-state index contributed by atoms with van der Waals surface area (Å²) in [6, 6.07) is 58.6. The molecule has 1 amide bonds. The first-order valence-electron chi connectivity index (χ1n) is 32.3. The van der Waals surface area contributed by atoms with Gasteiger partial charge in [0.25, 0.3) is 20.0 Å². The van der Waals surface area contributed by atoms with Crippen LogP contribution in [0.1, 0.15) is 93.7 Å². The Labute approximate surface area is 557 Å². The van der Waals surface area contributed by atoms with Crippen molar-refractivity contribution in [1.82, 2.24) is 37.7 Å². The number of aromatic nitrogens is 6. The van der Waals surface area contributed by atoms with Gasteiger partial charge in [-0.2, -0.15) is 0 Å². The molecule has 2 saturated carbocycles. The van der Waals surface area contributed by atoms with Crippen molar-refractivity contribution in [2.75, 3.05) is 23.3 Å². The molecule has 0 bridgehead atoms. The Morgan fingerprint density at radius 3 is 1.32 bits per heavy atom. The Balaban J connectivity index is 0.000000195. The monoisotopic (exact) mass is 1310 g/mol. The van der Waals surface area contributed by atoms with Gasteiger partial charge in [-0.15, -0.1) is 0 Å². The molecule has 2 fully saturated rings. The Morgan fingerprint density at radius 2 is 0.905 bits per heavy atom. The van der Waals surface area contributed by atoms with Gasteiger partial charge in [-0.1, -0.05) is 171 Å². The van der Waals surface area contributed by atoms with Crippen molar-refractivity contribution in [2.45, 2.75) is 128 Å². The van der Waals surface area contributed by atoms with Crippen LogP contribution in [-0.2, 0) is 60.6 Å². The third-order valence-corrected chi connectivity index (χ3v) is 21.4. The van der Waals surface area contributed by atoms with E-state index in [0.29, 0.717) is 23.8 Å². The van der Waals surface area contributed by atoms with Crippen LogP contribution in [-0.4, -0.2) is 103 Å². The highest BCUT2D eigenvalue weighted by Gasteiger charge is 2.41. The number of carbonyl (C=O) groups is 3. The molecule has 20 heteroatoms. The minimum absolute atomic E-state index is 0.0565. The van der Waals surface area contributed by atoms with Crippen LogP contribution in [0.2, 0.25) is 0 Å². The highest BCUT2D eigenvalue weighted by molar-refractivity contribution is 7.90. The third kappa shape index (κ3) is 16.3. The molecular formula is C75H82N10O8S2. The number of nitrogens with zero attached hydrogens (tertiary/aromatic N) is 9. The number of ketones is 2. The number of aryl methyl sites for hydroxylation is 2. The van der Waals surface area contributed by atoms with Crippen molar-refractivity contribution in [1.29, 1.82) is 0 Å². The molecule has 492 valence electrons. The fraction of sp³-hybridized carbons (Fsp3) is 0.320. The highest BCUT2D eigenvalue weighted by Crippen LogP contribution is 2.39. The van der Waals surface area contributed by atoms with E-state index in [1.54, 1.807) is 75.4 Å². The van der Waals surface area contributed by atoms with Crippen LogP contribution >= 0.6 is 0 Å². The number of hydrogen-bond donors (Lipinski definition) is 1. The summed E-state index contributed by atoms with van der Waals surface area (Å²) in [4.78, 5) is 65.8. The molecule has 1 N–H and O–H groups in total. The molecule has 6 atom stereocenters. The van der Waals surface area contributed by atoms with Crippen LogP contribution in [0.25, 0.3) is 22.3 Å². The van der Waals surface area contributed by atoms with Gasteiger partial charge in [-0.25, -0.2) is 49.5 Å². The van der Waals surface area contributed by atoms with Gasteiger partial charge < -0.3 is 10.1 Å². The topological polar surface area (TPSA) is 212 Å². The number of Topliss-reactive ketones (excluding diaryl/α,β-unsaturated/α-hetero) is 2. The lowest BCUT2D eigenvalue weighted by atomic mass is 9.93. The summed E-state index contributed by atoms with van der Waals surface area (Å²) >= 11 is 0. The molecule has 18 nitrogen and oxygen atoms in total. The van der Waals surface area contributed by atoms with E-state index >= 15 is 0 Å². The summed E-state index contributed by atoms with van der Waals surface area (Å²) in [5, 5.41) is 3.15. The largest absolute Gasteiger partial charge is 0.443 e. The lowest BCUT2D eigenvalue weighted by molar-refractivity contribution is -0.123. The van der Waals surface area contributed by atoms with E-state index < -0.39 is 31.7 Å². The van der Waals surface area contributed by atoms with Gasteiger partial charge in [0, 0.05) is 62.5 Å². The number of amides is 1. The maximum absolute atomic E-state index is 14.2. The molecule has 95 heavy (non-hydrogen) atoms. The second-order valence-electron chi connectivity index (χ2n) is 26.3. The van der Waals surface area contributed by atoms with E-state index in [2.05, 4.69) is 122 Å². The second kappa shape index (κ2) is 29.2. The third-order valence-electron chi connectivity index (χ3n) is 18.0. The maximum Gasteiger partial charge on any atom is 0.416 e. The van der Waals surface area contributed by atoms with Crippen molar-refractivity contribution in [2.24, 2.45) is 23.7 Å². The summed E-state index contributed by atoms with van der Waals surface area (Å²) < 4.78 is 61.3. The molecule has 4 heterocycles. The van der Waals surface area contributed by atoms with Crippen molar-refractivity contribution in [3.05, 3.63) is 240 Å². The molecule has 2 aliphatic rings. The van der Waals surface area contributed by atoms with Gasteiger partial charge in [0.15, 0.2) is 28.7 Å². The first-order valence-corrected chi connectivity index (χ1v) is 35.2. The number of anilines is 2.